The van der Waals surface area contributed by atoms with E-state index in [-0.39, 0.29) is 0 Å². The Bertz CT molecular complexity index is 631. The molecule has 0 nitrogen and oxygen atoms in total. The topological polar surface area (TPSA) is 0 Å². The molecule has 3 aromatic rings. The number of hydrogen-bond acceptors (Lipinski definition) is 0. The van der Waals surface area contributed by atoms with E-state index in [2.05, 4.69) is 35.9 Å². The van der Waals surface area contributed by atoms with E-state index in [9.17, 15) is 0 Å². The average molecular weight is 470 g/mol. The number of benzene rings is 1. The predicted molar refractivity (Wildman–Crippen MR) is 76.3 cm³/mol. The quantitative estimate of drug-likeness (QED) is 0.349. The normalized spacial score (nSPS) is 11.1. The van der Waals surface area contributed by atoms with Gasteiger partial charge in [-0.25, -0.2) is 0 Å². The minimum atomic E-state index is 0.609. The van der Waals surface area contributed by atoms with Crippen molar-refractivity contribution in [3.8, 4) is 0 Å². The molecule has 0 aliphatic heterocycles. The Kier molecular flexibility index (Phi) is 3.56. The summed E-state index contributed by atoms with van der Waals surface area (Å²) in [7, 11) is 0. The van der Waals surface area contributed by atoms with E-state index in [1.54, 1.807) is 25.9 Å². The molecule has 0 N–H and O–H groups in total. The molecule has 0 fully saturated rings. The Labute approximate surface area is 119 Å². The molecule has 4 heteroatoms. The predicted octanol–water partition coefficient (Wildman–Crippen LogP) is 1.96. The van der Waals surface area contributed by atoms with Gasteiger partial charge >= 0.3 is 120 Å². The van der Waals surface area contributed by atoms with Gasteiger partial charge in [0.2, 0.25) is 0 Å². The second-order valence-electron chi connectivity index (χ2n) is 3.57. The van der Waals surface area contributed by atoms with Crippen LogP contribution in [0.4, 0.5) is 0 Å². The van der Waals surface area contributed by atoms with Crippen LogP contribution in [0.25, 0.3) is 17.0 Å². The third-order valence-corrected chi connectivity index (χ3v) is 13.9. The van der Waals surface area contributed by atoms with Crippen molar-refractivity contribution in [1.29, 1.82) is 0 Å². The van der Waals surface area contributed by atoms with Gasteiger partial charge in [-0.1, -0.05) is 0 Å². The molecule has 0 radical (unpaired) electrons. The van der Waals surface area contributed by atoms with E-state index < -0.39 is 0 Å². The van der Waals surface area contributed by atoms with E-state index in [1.807, 2.05) is 0 Å². The van der Waals surface area contributed by atoms with Crippen LogP contribution in [0.3, 0.4) is 0 Å². The van der Waals surface area contributed by atoms with Gasteiger partial charge in [0.15, 0.2) is 0 Å². The maximum atomic E-state index is 2.54. The first-order valence-corrected chi connectivity index (χ1v) is 12.1. The standard InChI is InChI=1S/C12H10Se4/c1-7-8(2)16-12-6-10-9(5-11(12)15-7)13-3-4-14-10/h3-6H,1-2H3. The molecule has 2 heterocycles. The molecule has 0 spiro atoms. The molecule has 0 aliphatic carbocycles. The van der Waals surface area contributed by atoms with Crippen molar-refractivity contribution in [1.82, 2.24) is 0 Å². The van der Waals surface area contributed by atoms with E-state index in [0.29, 0.717) is 58.0 Å². The summed E-state index contributed by atoms with van der Waals surface area (Å²) in [6.07, 6.45) is 0. The van der Waals surface area contributed by atoms with E-state index in [1.165, 1.54) is 0 Å². The Morgan fingerprint density at radius 3 is 1.56 bits per heavy atom. The summed E-state index contributed by atoms with van der Waals surface area (Å²) >= 11 is 2.44. The maximum absolute atomic E-state index is 2.54. The van der Waals surface area contributed by atoms with Crippen LogP contribution in [0.1, 0.15) is 8.87 Å². The number of rotatable bonds is 0. The van der Waals surface area contributed by atoms with Crippen molar-refractivity contribution in [2.45, 2.75) is 13.8 Å². The molecule has 0 aliphatic rings. The third kappa shape index (κ3) is 2.19. The first-order chi connectivity index (χ1) is 7.74. The van der Waals surface area contributed by atoms with Crippen molar-refractivity contribution in [2.75, 3.05) is 0 Å². The van der Waals surface area contributed by atoms with Gasteiger partial charge < -0.3 is 0 Å². The van der Waals surface area contributed by atoms with Crippen molar-refractivity contribution in [3.63, 3.8) is 0 Å². The van der Waals surface area contributed by atoms with E-state index in [4.69, 9.17) is 0 Å². The van der Waals surface area contributed by atoms with Crippen LogP contribution in [-0.4, -0.2) is 58.0 Å². The van der Waals surface area contributed by atoms with Crippen molar-refractivity contribution >= 4 is 75.1 Å². The van der Waals surface area contributed by atoms with Gasteiger partial charge in [0.25, 0.3) is 0 Å². The van der Waals surface area contributed by atoms with Crippen molar-refractivity contribution in [3.05, 3.63) is 30.9 Å². The molecule has 0 bridgehead atoms. The van der Waals surface area contributed by atoms with Crippen LogP contribution < -0.4 is 0 Å². The molecule has 3 rings (SSSR count). The summed E-state index contributed by atoms with van der Waals surface area (Å²) in [6, 6.07) is 5.07. The molecule has 0 unspecified atom stereocenters. The first kappa shape index (κ1) is 11.8. The van der Waals surface area contributed by atoms with Gasteiger partial charge in [-0.3, -0.25) is 0 Å². The number of fused-ring (bicyclic) bond motifs is 2. The summed E-state index contributed by atoms with van der Waals surface area (Å²) in [5.74, 6) is 0. The first-order valence-electron chi connectivity index (χ1n) is 4.93. The van der Waals surface area contributed by atoms with Gasteiger partial charge in [0.05, 0.1) is 0 Å². The van der Waals surface area contributed by atoms with E-state index >= 15 is 0 Å². The summed E-state index contributed by atoms with van der Waals surface area (Å²) in [4.78, 5) is 4.80. The van der Waals surface area contributed by atoms with Crippen LogP contribution in [-0.2, 0) is 0 Å². The fourth-order valence-corrected chi connectivity index (χ4v) is 12.1. The molecule has 0 saturated carbocycles. The summed E-state index contributed by atoms with van der Waals surface area (Å²) < 4.78 is 10.0. The molecule has 0 atom stereocenters. The van der Waals surface area contributed by atoms with Crippen LogP contribution in [0.5, 0.6) is 0 Å². The van der Waals surface area contributed by atoms with Gasteiger partial charge in [0.1, 0.15) is 0 Å². The van der Waals surface area contributed by atoms with Crippen molar-refractivity contribution < 1.29 is 0 Å². The molecule has 2 aromatic heterocycles. The van der Waals surface area contributed by atoms with Gasteiger partial charge in [-0.15, -0.1) is 0 Å². The zero-order valence-electron chi connectivity index (χ0n) is 8.94. The summed E-state index contributed by atoms with van der Waals surface area (Å²) in [5.41, 5.74) is 0. The Morgan fingerprint density at radius 2 is 1.12 bits per heavy atom. The van der Waals surface area contributed by atoms with Crippen LogP contribution in [0, 0.1) is 13.8 Å². The van der Waals surface area contributed by atoms with Crippen LogP contribution >= 0.6 is 0 Å². The Morgan fingerprint density at radius 1 is 0.688 bits per heavy atom. The molecule has 16 heavy (non-hydrogen) atoms. The number of hydrogen-bond donors (Lipinski definition) is 0. The fraction of sp³-hybridized carbons (Fsp3) is 0.167. The van der Waals surface area contributed by atoms with Gasteiger partial charge in [-0.05, 0) is 0 Å². The zero-order chi connectivity index (χ0) is 11.1. The zero-order valence-corrected chi connectivity index (χ0v) is 15.8. The van der Waals surface area contributed by atoms with Crippen LogP contribution in [0.2, 0.25) is 0 Å². The molecule has 1 aromatic carbocycles. The summed E-state index contributed by atoms with van der Waals surface area (Å²) in [6.45, 7) is 4.66. The molecule has 82 valence electrons. The monoisotopic (exact) mass is 474 g/mol. The molecular formula is C12H10Se4. The van der Waals surface area contributed by atoms with Crippen molar-refractivity contribution in [2.24, 2.45) is 0 Å². The molecule has 0 saturated heterocycles. The fourth-order valence-electron chi connectivity index (χ4n) is 1.54. The Balaban J connectivity index is 2.46. The SMILES string of the molecule is Cc1[se]c2cc3[se]cc[se]c3cc2[se]c1C. The van der Waals surface area contributed by atoms with Gasteiger partial charge in [0, 0.05) is 0 Å². The Hall–Kier alpha value is 0.778. The second kappa shape index (κ2) is 4.81. The van der Waals surface area contributed by atoms with E-state index in [0.717, 1.165) is 0 Å². The molecule has 0 amide bonds. The van der Waals surface area contributed by atoms with Gasteiger partial charge in [-0.2, -0.15) is 0 Å². The second-order valence-corrected chi connectivity index (χ2v) is 12.8. The average Bonchev–Trinajstić information content (AvgIpc) is 2.28. The minimum absolute atomic E-state index is 0.609. The van der Waals surface area contributed by atoms with Crippen LogP contribution in [0.15, 0.2) is 22.0 Å². The summed E-state index contributed by atoms with van der Waals surface area (Å²) in [5, 5.41) is 0. The molecular weight excluding hydrogens is 460 g/mol. The third-order valence-electron chi connectivity index (χ3n) is 2.48. The number of aryl methyl sites for hydroxylation is 2.